The van der Waals surface area contributed by atoms with Gasteiger partial charge in [-0.1, -0.05) is 0 Å². The second-order valence-corrected chi connectivity index (χ2v) is 4.18. The number of hydrogen-bond acceptors (Lipinski definition) is 5. The minimum atomic E-state index is 0.0399. The van der Waals surface area contributed by atoms with Crippen LogP contribution in [0.5, 0.6) is 0 Å². The fourth-order valence-corrected chi connectivity index (χ4v) is 2.53. The molecule has 0 amide bonds. The van der Waals surface area contributed by atoms with Gasteiger partial charge in [-0.25, -0.2) is 0 Å². The Morgan fingerprint density at radius 2 is 2.54 bits per heavy atom. The molecular formula is C7H10N4OS. The molecule has 1 unspecified atom stereocenters. The molecule has 1 aliphatic rings. The largest absolute Gasteiger partial charge is 0.290 e. The lowest BCUT2D eigenvalue weighted by molar-refractivity contribution is 0.0923. The first-order valence-electron chi connectivity index (χ1n) is 4.13. The monoisotopic (exact) mass is 198 g/mol. The molecule has 13 heavy (non-hydrogen) atoms. The molecule has 1 aromatic rings. The summed E-state index contributed by atoms with van der Waals surface area (Å²) in [5.74, 6) is 2.37. The lowest BCUT2D eigenvalue weighted by Gasteiger charge is -2.00. The van der Waals surface area contributed by atoms with Crippen LogP contribution in [0.25, 0.3) is 0 Å². The van der Waals surface area contributed by atoms with Crippen molar-refractivity contribution in [1.29, 1.82) is 0 Å². The van der Waals surface area contributed by atoms with Gasteiger partial charge in [0.15, 0.2) is 0 Å². The number of carbonyl (C=O) groups excluding carboxylic acids is 1. The Labute approximate surface area is 79.9 Å². The molecule has 5 nitrogen and oxygen atoms in total. The van der Waals surface area contributed by atoms with Crippen LogP contribution >= 0.6 is 11.8 Å². The highest BCUT2D eigenvalue weighted by Gasteiger charge is 2.27. The Morgan fingerprint density at radius 1 is 1.69 bits per heavy atom. The van der Waals surface area contributed by atoms with Gasteiger partial charge < -0.3 is 0 Å². The lowest BCUT2D eigenvalue weighted by atomic mass is 10.0. The Hall–Kier alpha value is -0.910. The molecule has 0 N–H and O–H groups in total. The van der Waals surface area contributed by atoms with E-state index in [-0.39, 0.29) is 17.5 Å². The van der Waals surface area contributed by atoms with E-state index < -0.39 is 0 Å². The molecule has 1 aliphatic heterocycles. The standard InChI is InChI=1S/C7H10N4OS/c1-11-9-7(8-10-11)6(12)5-2-3-13-4-5/h5H,2-4H2,1H3. The van der Waals surface area contributed by atoms with Crippen molar-refractivity contribution in [2.45, 2.75) is 6.42 Å². The van der Waals surface area contributed by atoms with Crippen molar-refractivity contribution < 1.29 is 4.79 Å². The minimum Gasteiger partial charge on any atom is -0.290 e. The van der Waals surface area contributed by atoms with Crippen LogP contribution in [-0.4, -0.2) is 37.5 Å². The predicted molar refractivity (Wildman–Crippen MR) is 48.6 cm³/mol. The fraction of sp³-hybridized carbons (Fsp3) is 0.714. The zero-order valence-electron chi connectivity index (χ0n) is 7.30. The van der Waals surface area contributed by atoms with E-state index in [1.54, 1.807) is 7.05 Å². The van der Waals surface area contributed by atoms with Crippen molar-refractivity contribution in [2.24, 2.45) is 13.0 Å². The van der Waals surface area contributed by atoms with Crippen molar-refractivity contribution >= 4 is 17.5 Å². The number of hydrogen-bond donors (Lipinski definition) is 0. The summed E-state index contributed by atoms with van der Waals surface area (Å²) >= 11 is 1.81. The molecule has 2 heterocycles. The number of tetrazole rings is 1. The highest BCUT2D eigenvalue weighted by molar-refractivity contribution is 7.99. The van der Waals surface area contributed by atoms with Crippen molar-refractivity contribution in [1.82, 2.24) is 20.2 Å². The Balaban J connectivity index is 2.12. The topological polar surface area (TPSA) is 60.7 Å². The van der Waals surface area contributed by atoms with Crippen LogP contribution in [0.4, 0.5) is 0 Å². The van der Waals surface area contributed by atoms with E-state index in [4.69, 9.17) is 0 Å². The van der Waals surface area contributed by atoms with Gasteiger partial charge in [0, 0.05) is 11.7 Å². The Morgan fingerprint density at radius 3 is 3.08 bits per heavy atom. The molecule has 0 bridgehead atoms. The molecular weight excluding hydrogens is 188 g/mol. The summed E-state index contributed by atoms with van der Waals surface area (Å²) in [4.78, 5) is 13.0. The highest BCUT2D eigenvalue weighted by atomic mass is 32.2. The van der Waals surface area contributed by atoms with Gasteiger partial charge in [-0.3, -0.25) is 4.79 Å². The molecule has 1 aromatic heterocycles. The number of aryl methyl sites for hydroxylation is 1. The first-order chi connectivity index (χ1) is 6.27. The zero-order chi connectivity index (χ0) is 9.26. The Bertz CT molecular complexity index is 318. The number of thioether (sulfide) groups is 1. The molecule has 0 aliphatic carbocycles. The van der Waals surface area contributed by atoms with Gasteiger partial charge in [-0.2, -0.15) is 16.6 Å². The molecule has 0 spiro atoms. The highest BCUT2D eigenvalue weighted by Crippen LogP contribution is 2.25. The van der Waals surface area contributed by atoms with Crippen molar-refractivity contribution in [3.8, 4) is 0 Å². The smallest absolute Gasteiger partial charge is 0.240 e. The number of Topliss-reactive ketones (excluding diaryl/α,β-unsaturated/α-hetero) is 1. The number of rotatable bonds is 2. The van der Waals surface area contributed by atoms with Crippen LogP contribution in [0.15, 0.2) is 0 Å². The fourth-order valence-electron chi connectivity index (χ4n) is 1.31. The number of aromatic nitrogens is 4. The van der Waals surface area contributed by atoms with E-state index in [9.17, 15) is 4.79 Å². The summed E-state index contributed by atoms with van der Waals surface area (Å²) in [5.41, 5.74) is 0. The van der Waals surface area contributed by atoms with Gasteiger partial charge in [0.25, 0.3) is 0 Å². The summed E-state index contributed by atoms with van der Waals surface area (Å²) in [6.07, 6.45) is 0.946. The summed E-state index contributed by atoms with van der Waals surface area (Å²) in [5, 5.41) is 11.2. The van der Waals surface area contributed by atoms with Crippen LogP contribution in [0, 0.1) is 5.92 Å². The quantitative estimate of drug-likeness (QED) is 0.633. The number of carbonyl (C=O) groups is 1. The van der Waals surface area contributed by atoms with Crippen LogP contribution in [0.1, 0.15) is 17.0 Å². The molecule has 6 heteroatoms. The summed E-state index contributed by atoms with van der Waals surface area (Å²) < 4.78 is 0. The molecule has 0 saturated carbocycles. The van der Waals surface area contributed by atoms with Gasteiger partial charge >= 0.3 is 0 Å². The number of ketones is 1. The van der Waals surface area contributed by atoms with Crippen LogP contribution in [-0.2, 0) is 7.05 Å². The van der Waals surface area contributed by atoms with E-state index in [1.165, 1.54) is 4.80 Å². The lowest BCUT2D eigenvalue weighted by Crippen LogP contribution is -2.15. The van der Waals surface area contributed by atoms with E-state index in [0.29, 0.717) is 0 Å². The molecule has 0 radical (unpaired) electrons. The first-order valence-corrected chi connectivity index (χ1v) is 5.29. The third-order valence-corrected chi connectivity index (χ3v) is 3.19. The molecule has 0 aromatic carbocycles. The molecule has 2 rings (SSSR count). The average Bonchev–Trinajstić information content (AvgIpc) is 2.72. The van der Waals surface area contributed by atoms with E-state index in [2.05, 4.69) is 15.4 Å². The second kappa shape index (κ2) is 3.45. The van der Waals surface area contributed by atoms with Crippen LogP contribution < -0.4 is 0 Å². The third-order valence-electron chi connectivity index (χ3n) is 2.03. The second-order valence-electron chi connectivity index (χ2n) is 3.03. The van der Waals surface area contributed by atoms with Gasteiger partial charge in [-0.05, 0) is 17.4 Å². The van der Waals surface area contributed by atoms with Crippen molar-refractivity contribution in [2.75, 3.05) is 11.5 Å². The normalized spacial score (nSPS) is 22.1. The van der Waals surface area contributed by atoms with E-state index in [0.717, 1.165) is 17.9 Å². The molecule has 1 fully saturated rings. The van der Waals surface area contributed by atoms with E-state index >= 15 is 0 Å². The maximum atomic E-state index is 11.7. The van der Waals surface area contributed by atoms with Crippen LogP contribution in [0.3, 0.4) is 0 Å². The molecule has 1 saturated heterocycles. The maximum Gasteiger partial charge on any atom is 0.240 e. The van der Waals surface area contributed by atoms with Gasteiger partial charge in [-0.15, -0.1) is 10.2 Å². The molecule has 70 valence electrons. The summed E-state index contributed by atoms with van der Waals surface area (Å²) in [6, 6.07) is 0. The zero-order valence-corrected chi connectivity index (χ0v) is 8.12. The summed E-state index contributed by atoms with van der Waals surface area (Å²) in [6.45, 7) is 0. The number of nitrogens with zero attached hydrogens (tertiary/aromatic N) is 4. The summed E-state index contributed by atoms with van der Waals surface area (Å²) in [7, 11) is 1.66. The first kappa shape index (κ1) is 8.68. The average molecular weight is 198 g/mol. The van der Waals surface area contributed by atoms with Gasteiger partial charge in [0.05, 0.1) is 7.05 Å². The van der Waals surface area contributed by atoms with Gasteiger partial charge in [0.2, 0.25) is 11.6 Å². The van der Waals surface area contributed by atoms with Crippen molar-refractivity contribution in [3.05, 3.63) is 5.82 Å². The van der Waals surface area contributed by atoms with Gasteiger partial charge in [0.1, 0.15) is 0 Å². The molecule has 1 atom stereocenters. The Kier molecular flexibility index (Phi) is 2.30. The maximum absolute atomic E-state index is 11.7. The predicted octanol–water partition coefficient (Wildman–Crippen LogP) is 0.146. The van der Waals surface area contributed by atoms with Crippen LogP contribution in [0.2, 0.25) is 0 Å². The minimum absolute atomic E-state index is 0.0399. The SMILES string of the molecule is Cn1nnc(C(=O)C2CCSC2)n1. The van der Waals surface area contributed by atoms with E-state index in [1.807, 2.05) is 11.8 Å². The van der Waals surface area contributed by atoms with Crippen molar-refractivity contribution in [3.63, 3.8) is 0 Å². The third kappa shape index (κ3) is 1.72.